The zero-order valence-corrected chi connectivity index (χ0v) is 16.7. The normalized spacial score (nSPS) is 17.3. The molecule has 3 rings (SSSR count). The molecule has 0 amide bonds. The van der Waals surface area contributed by atoms with E-state index in [1.54, 1.807) is 0 Å². The Morgan fingerprint density at radius 1 is 0.917 bits per heavy atom. The number of halogens is 1. The number of allylic oxidation sites excluding steroid dienone is 3. The summed E-state index contributed by atoms with van der Waals surface area (Å²) in [5, 5.41) is 4.34. The van der Waals surface area contributed by atoms with E-state index in [-0.39, 0.29) is 0 Å². The van der Waals surface area contributed by atoms with Crippen molar-refractivity contribution in [1.82, 2.24) is 4.90 Å². The van der Waals surface area contributed by atoms with E-state index < -0.39 is 7.92 Å². The second kappa shape index (κ2) is 8.25. The van der Waals surface area contributed by atoms with E-state index in [1.807, 2.05) is 0 Å². The summed E-state index contributed by atoms with van der Waals surface area (Å²) >= 11 is 3.86. The van der Waals surface area contributed by atoms with Gasteiger partial charge in [0.1, 0.15) is 0 Å². The lowest BCUT2D eigenvalue weighted by Crippen LogP contribution is -2.17. The number of alkyl halides is 1. The molecular formula is C21H23BrNP. The lowest BCUT2D eigenvalue weighted by Gasteiger charge is -2.23. The summed E-state index contributed by atoms with van der Waals surface area (Å²) in [6.45, 7) is 1.08. The van der Waals surface area contributed by atoms with Crippen LogP contribution in [0.3, 0.4) is 0 Å². The van der Waals surface area contributed by atoms with Gasteiger partial charge >= 0.3 is 0 Å². The largest absolute Gasteiger partial charge is 0.309 e. The lowest BCUT2D eigenvalue weighted by atomic mass is 10.1. The highest BCUT2D eigenvalue weighted by Gasteiger charge is 2.26. The highest BCUT2D eigenvalue weighted by molar-refractivity contribution is 9.09. The maximum atomic E-state index is 3.86. The van der Waals surface area contributed by atoms with Gasteiger partial charge in [-0.05, 0) is 49.9 Å². The summed E-state index contributed by atoms with van der Waals surface area (Å²) in [5.41, 5.74) is 1.53. The van der Waals surface area contributed by atoms with E-state index in [4.69, 9.17) is 0 Å². The third-order valence-corrected chi connectivity index (χ3v) is 7.59. The van der Waals surface area contributed by atoms with Crippen molar-refractivity contribution in [3.05, 3.63) is 83.7 Å². The van der Waals surface area contributed by atoms with Crippen LogP contribution >= 0.6 is 23.9 Å². The molecule has 0 aliphatic heterocycles. The molecule has 24 heavy (non-hydrogen) atoms. The maximum absolute atomic E-state index is 3.86. The van der Waals surface area contributed by atoms with E-state index in [2.05, 4.69) is 108 Å². The molecule has 124 valence electrons. The molecule has 0 radical (unpaired) electrons. The summed E-state index contributed by atoms with van der Waals surface area (Å²) in [6, 6.07) is 21.9. The smallest absolute Gasteiger partial charge is 0.0548 e. The predicted octanol–water partition coefficient (Wildman–Crippen LogP) is 4.66. The molecule has 1 nitrogen and oxygen atoms in total. The molecule has 0 heterocycles. The van der Waals surface area contributed by atoms with E-state index in [0.717, 1.165) is 13.0 Å². The van der Waals surface area contributed by atoms with E-state index in [9.17, 15) is 0 Å². The van der Waals surface area contributed by atoms with Gasteiger partial charge in [0, 0.05) is 6.54 Å². The van der Waals surface area contributed by atoms with E-state index in [1.165, 1.54) is 21.5 Å². The quantitative estimate of drug-likeness (QED) is 0.504. The topological polar surface area (TPSA) is 3.24 Å². The predicted molar refractivity (Wildman–Crippen MR) is 111 cm³/mol. The molecule has 2 aromatic carbocycles. The SMILES string of the molecule is CN(C)CCC1=C(P(c2ccccc2)c2ccccc2)C=CC1Br. The molecule has 1 aliphatic rings. The van der Waals surface area contributed by atoms with Crippen LogP contribution in [0, 0.1) is 0 Å². The van der Waals surface area contributed by atoms with E-state index in [0.29, 0.717) is 4.83 Å². The highest BCUT2D eigenvalue weighted by Crippen LogP contribution is 2.49. The number of hydrogen-bond acceptors (Lipinski definition) is 1. The van der Waals surface area contributed by atoms with Gasteiger partial charge < -0.3 is 4.90 Å². The fraction of sp³-hybridized carbons (Fsp3) is 0.238. The number of nitrogens with zero attached hydrogens (tertiary/aromatic N) is 1. The van der Waals surface area contributed by atoms with Crippen molar-refractivity contribution >= 4 is 34.5 Å². The van der Waals surface area contributed by atoms with Gasteiger partial charge in [-0.2, -0.15) is 0 Å². The van der Waals surface area contributed by atoms with Gasteiger partial charge in [-0.3, -0.25) is 0 Å². The minimum absolute atomic E-state index is 0.366. The Bertz CT molecular complexity index is 683. The number of benzene rings is 2. The number of rotatable bonds is 6. The van der Waals surface area contributed by atoms with Crippen molar-refractivity contribution in [2.24, 2.45) is 0 Å². The van der Waals surface area contributed by atoms with Crippen LogP contribution in [-0.2, 0) is 0 Å². The molecule has 0 aromatic heterocycles. The fourth-order valence-electron chi connectivity index (χ4n) is 2.95. The third kappa shape index (κ3) is 4.06. The van der Waals surface area contributed by atoms with Gasteiger partial charge in [-0.15, -0.1) is 0 Å². The summed E-state index contributed by atoms with van der Waals surface area (Å²) in [6.07, 6.45) is 5.74. The molecule has 2 aromatic rings. The Morgan fingerprint density at radius 2 is 1.46 bits per heavy atom. The zero-order valence-electron chi connectivity index (χ0n) is 14.2. The third-order valence-electron chi connectivity index (χ3n) is 4.18. The van der Waals surface area contributed by atoms with Crippen LogP contribution in [0.15, 0.2) is 83.7 Å². The van der Waals surface area contributed by atoms with Crippen LogP contribution in [0.5, 0.6) is 0 Å². The van der Waals surface area contributed by atoms with Crippen LogP contribution in [0.25, 0.3) is 0 Å². The molecule has 0 fully saturated rings. The summed E-state index contributed by atoms with van der Waals surface area (Å²) in [4.78, 5) is 2.63. The Morgan fingerprint density at radius 3 is 1.96 bits per heavy atom. The minimum atomic E-state index is -0.504. The van der Waals surface area contributed by atoms with Crippen LogP contribution in [-0.4, -0.2) is 30.4 Å². The monoisotopic (exact) mass is 399 g/mol. The first-order valence-electron chi connectivity index (χ1n) is 8.27. The minimum Gasteiger partial charge on any atom is -0.309 e. The van der Waals surface area contributed by atoms with Crippen molar-refractivity contribution in [3.63, 3.8) is 0 Å². The fourth-order valence-corrected chi connectivity index (χ4v) is 6.32. The second-order valence-corrected chi connectivity index (χ2v) is 9.40. The highest BCUT2D eigenvalue weighted by atomic mass is 79.9. The first kappa shape index (κ1) is 17.6. The first-order valence-corrected chi connectivity index (χ1v) is 10.5. The van der Waals surface area contributed by atoms with Crippen molar-refractivity contribution in [2.75, 3.05) is 20.6 Å². The molecular weight excluding hydrogens is 377 g/mol. The Kier molecular flexibility index (Phi) is 6.05. The maximum Gasteiger partial charge on any atom is 0.0548 e. The standard InChI is InChI=1S/C21H23BrNP/c1-23(2)16-15-19-20(22)13-14-21(19)24(17-9-5-3-6-10-17)18-11-7-4-8-12-18/h3-14,20H,15-16H2,1-2H3. The average molecular weight is 400 g/mol. The van der Waals surface area contributed by atoms with Crippen molar-refractivity contribution in [1.29, 1.82) is 0 Å². The first-order chi connectivity index (χ1) is 11.7. The van der Waals surface area contributed by atoms with Crippen LogP contribution in [0.4, 0.5) is 0 Å². The Hall–Kier alpha value is -1.21. The lowest BCUT2D eigenvalue weighted by molar-refractivity contribution is 0.412. The van der Waals surface area contributed by atoms with Crippen LogP contribution < -0.4 is 10.6 Å². The Balaban J connectivity index is 2.06. The van der Waals surface area contributed by atoms with Gasteiger partial charge in [0.05, 0.1) is 4.83 Å². The van der Waals surface area contributed by atoms with Crippen molar-refractivity contribution in [3.8, 4) is 0 Å². The van der Waals surface area contributed by atoms with Gasteiger partial charge in [0.25, 0.3) is 0 Å². The van der Waals surface area contributed by atoms with Crippen molar-refractivity contribution < 1.29 is 0 Å². The van der Waals surface area contributed by atoms with Gasteiger partial charge in [-0.1, -0.05) is 88.7 Å². The van der Waals surface area contributed by atoms with Crippen LogP contribution in [0.1, 0.15) is 6.42 Å². The molecule has 0 N–H and O–H groups in total. The van der Waals surface area contributed by atoms with Gasteiger partial charge in [-0.25, -0.2) is 0 Å². The van der Waals surface area contributed by atoms with Gasteiger partial charge in [0.15, 0.2) is 0 Å². The molecule has 0 bridgehead atoms. The van der Waals surface area contributed by atoms with Crippen LogP contribution in [0.2, 0.25) is 0 Å². The van der Waals surface area contributed by atoms with E-state index >= 15 is 0 Å². The van der Waals surface area contributed by atoms with Crippen molar-refractivity contribution in [2.45, 2.75) is 11.2 Å². The number of hydrogen-bond donors (Lipinski definition) is 0. The molecule has 1 atom stereocenters. The Labute approximate surface area is 155 Å². The molecule has 1 aliphatic carbocycles. The molecule has 3 heteroatoms. The molecule has 0 saturated heterocycles. The summed E-state index contributed by atoms with van der Waals surface area (Å²) in [7, 11) is 3.78. The summed E-state index contributed by atoms with van der Waals surface area (Å²) < 4.78 is 0. The van der Waals surface area contributed by atoms with Gasteiger partial charge in [0.2, 0.25) is 0 Å². The molecule has 1 unspecified atom stereocenters. The average Bonchev–Trinajstić information content (AvgIpc) is 2.96. The molecule has 0 spiro atoms. The zero-order chi connectivity index (χ0) is 16.9. The second-order valence-electron chi connectivity index (χ2n) is 6.23. The molecule has 0 saturated carbocycles. The summed E-state index contributed by atoms with van der Waals surface area (Å²) in [5.74, 6) is 0.